The Labute approximate surface area is 106 Å². The summed E-state index contributed by atoms with van der Waals surface area (Å²) in [7, 11) is -1.59. The van der Waals surface area contributed by atoms with Crippen molar-refractivity contribution in [1.82, 2.24) is 4.98 Å². The quantitative estimate of drug-likeness (QED) is 0.851. The highest BCUT2D eigenvalue weighted by Gasteiger charge is 2.09. The molecule has 0 unspecified atom stereocenters. The Kier molecular flexibility index (Phi) is 3.34. The lowest BCUT2D eigenvalue weighted by molar-refractivity contribution is 0.414. The summed E-state index contributed by atoms with van der Waals surface area (Å²) in [6.45, 7) is 0. The normalized spacial score (nSPS) is 11.2. The molecule has 4 nitrogen and oxygen atoms in total. The maximum atomic E-state index is 11.4. The first-order chi connectivity index (χ1) is 8.52. The fourth-order valence-corrected chi connectivity index (χ4v) is 2.29. The van der Waals surface area contributed by atoms with Crippen LogP contribution >= 0.6 is 0 Å². The molecule has 2 aromatic rings. The molecule has 0 N–H and O–H groups in total. The van der Waals surface area contributed by atoms with Crippen LogP contribution in [0, 0.1) is 0 Å². The van der Waals surface area contributed by atoms with Gasteiger partial charge in [-0.2, -0.15) is 0 Å². The summed E-state index contributed by atoms with van der Waals surface area (Å²) in [4.78, 5) is 4.28. The van der Waals surface area contributed by atoms with E-state index in [0.29, 0.717) is 10.6 Å². The second kappa shape index (κ2) is 4.78. The topological polar surface area (TPSA) is 56.3 Å². The van der Waals surface area contributed by atoms with E-state index >= 15 is 0 Å². The average molecular weight is 263 g/mol. The fourth-order valence-electron chi connectivity index (χ4n) is 1.66. The second-order valence-electron chi connectivity index (χ2n) is 3.87. The number of ether oxygens (including phenoxy) is 1. The zero-order valence-electron chi connectivity index (χ0n) is 10.1. The highest BCUT2D eigenvalue weighted by atomic mass is 32.2. The predicted molar refractivity (Wildman–Crippen MR) is 69.3 cm³/mol. The van der Waals surface area contributed by atoms with E-state index in [1.165, 1.54) is 6.26 Å². The van der Waals surface area contributed by atoms with Gasteiger partial charge in [0.1, 0.15) is 5.75 Å². The van der Waals surface area contributed by atoms with Gasteiger partial charge in [-0.15, -0.1) is 0 Å². The largest absolute Gasteiger partial charge is 0.494 e. The highest BCUT2D eigenvalue weighted by Crippen LogP contribution is 2.29. The van der Waals surface area contributed by atoms with E-state index in [2.05, 4.69) is 4.98 Å². The smallest absolute Gasteiger partial charge is 0.175 e. The summed E-state index contributed by atoms with van der Waals surface area (Å²) < 4.78 is 28.0. The van der Waals surface area contributed by atoms with Crippen molar-refractivity contribution in [2.45, 2.75) is 4.90 Å². The van der Waals surface area contributed by atoms with Gasteiger partial charge in [0.05, 0.1) is 18.2 Å². The van der Waals surface area contributed by atoms with Gasteiger partial charge in [0.2, 0.25) is 0 Å². The summed E-state index contributed by atoms with van der Waals surface area (Å²) in [5, 5.41) is 0. The second-order valence-corrected chi connectivity index (χ2v) is 5.89. The molecule has 2 rings (SSSR count). The first-order valence-electron chi connectivity index (χ1n) is 5.31. The Morgan fingerprint density at radius 3 is 2.33 bits per heavy atom. The van der Waals surface area contributed by atoms with Gasteiger partial charge in [-0.25, -0.2) is 8.42 Å². The molecule has 1 aromatic carbocycles. The Hall–Kier alpha value is -1.88. The third kappa shape index (κ3) is 2.51. The molecule has 0 aliphatic rings. The van der Waals surface area contributed by atoms with Gasteiger partial charge in [-0.05, 0) is 23.8 Å². The van der Waals surface area contributed by atoms with Crippen molar-refractivity contribution in [2.24, 2.45) is 0 Å². The van der Waals surface area contributed by atoms with E-state index < -0.39 is 9.84 Å². The van der Waals surface area contributed by atoms with Gasteiger partial charge in [0.15, 0.2) is 9.84 Å². The van der Waals surface area contributed by atoms with E-state index in [1.807, 2.05) is 6.07 Å². The minimum atomic E-state index is -3.16. The number of hydrogen-bond acceptors (Lipinski definition) is 4. The average Bonchev–Trinajstić information content (AvgIpc) is 2.38. The molecule has 94 valence electrons. The van der Waals surface area contributed by atoms with Gasteiger partial charge in [-0.1, -0.05) is 12.1 Å². The zero-order valence-corrected chi connectivity index (χ0v) is 10.9. The molecule has 0 saturated carbocycles. The number of methoxy groups -OCH3 is 1. The molecule has 0 bridgehead atoms. The Morgan fingerprint density at radius 2 is 1.78 bits per heavy atom. The van der Waals surface area contributed by atoms with Crippen molar-refractivity contribution in [3.8, 4) is 16.9 Å². The van der Waals surface area contributed by atoms with Crippen LogP contribution < -0.4 is 4.74 Å². The van der Waals surface area contributed by atoms with Crippen LogP contribution in [0.3, 0.4) is 0 Å². The minimum absolute atomic E-state index is 0.305. The van der Waals surface area contributed by atoms with Gasteiger partial charge in [0.25, 0.3) is 0 Å². The standard InChI is InChI=1S/C13H13NO3S/c1-17-13-9-14-8-7-12(13)10-3-5-11(6-4-10)18(2,15)16/h3-9H,1-2H3. The molecule has 1 aromatic heterocycles. The van der Waals surface area contributed by atoms with E-state index in [1.54, 1.807) is 43.8 Å². The number of hydrogen-bond donors (Lipinski definition) is 0. The van der Waals surface area contributed by atoms with Crippen LogP contribution in [0.4, 0.5) is 0 Å². The number of pyridine rings is 1. The number of benzene rings is 1. The Bertz CT molecular complexity index is 648. The van der Waals surface area contributed by atoms with Gasteiger partial charge < -0.3 is 4.74 Å². The van der Waals surface area contributed by atoms with Crippen molar-refractivity contribution in [1.29, 1.82) is 0 Å². The molecule has 0 saturated heterocycles. The Morgan fingerprint density at radius 1 is 1.11 bits per heavy atom. The van der Waals surface area contributed by atoms with E-state index in [9.17, 15) is 8.42 Å². The lowest BCUT2D eigenvalue weighted by Crippen LogP contribution is -1.96. The minimum Gasteiger partial charge on any atom is -0.494 e. The van der Waals surface area contributed by atoms with Crippen LogP contribution in [-0.4, -0.2) is 26.8 Å². The van der Waals surface area contributed by atoms with Gasteiger partial charge >= 0.3 is 0 Å². The summed E-state index contributed by atoms with van der Waals surface area (Å²) >= 11 is 0. The van der Waals surface area contributed by atoms with E-state index in [-0.39, 0.29) is 0 Å². The summed E-state index contributed by atoms with van der Waals surface area (Å²) in [6.07, 6.45) is 4.48. The molecular weight excluding hydrogens is 250 g/mol. The fraction of sp³-hybridized carbons (Fsp3) is 0.154. The maximum absolute atomic E-state index is 11.4. The van der Waals surface area contributed by atoms with E-state index in [4.69, 9.17) is 4.74 Å². The van der Waals surface area contributed by atoms with Gasteiger partial charge in [-0.3, -0.25) is 4.98 Å². The molecule has 18 heavy (non-hydrogen) atoms. The van der Waals surface area contributed by atoms with Crippen LogP contribution in [0.15, 0.2) is 47.6 Å². The lowest BCUT2D eigenvalue weighted by atomic mass is 10.1. The molecule has 1 heterocycles. The molecule has 0 atom stereocenters. The Balaban J connectivity index is 2.47. The number of rotatable bonds is 3. The molecular formula is C13H13NO3S. The van der Waals surface area contributed by atoms with Crippen molar-refractivity contribution in [3.63, 3.8) is 0 Å². The van der Waals surface area contributed by atoms with Crippen LogP contribution in [0.25, 0.3) is 11.1 Å². The number of nitrogens with zero attached hydrogens (tertiary/aromatic N) is 1. The number of sulfone groups is 1. The van der Waals surface area contributed by atoms with Crippen molar-refractivity contribution < 1.29 is 13.2 Å². The molecule has 0 aliphatic carbocycles. The molecule has 0 spiro atoms. The summed E-state index contributed by atoms with van der Waals surface area (Å²) in [5.41, 5.74) is 1.77. The zero-order chi connectivity index (χ0) is 13.2. The van der Waals surface area contributed by atoms with Crippen molar-refractivity contribution in [3.05, 3.63) is 42.7 Å². The predicted octanol–water partition coefficient (Wildman–Crippen LogP) is 2.16. The van der Waals surface area contributed by atoms with Crippen molar-refractivity contribution >= 4 is 9.84 Å². The third-order valence-corrected chi connectivity index (χ3v) is 3.73. The molecule has 5 heteroatoms. The van der Waals surface area contributed by atoms with Crippen LogP contribution in [0.2, 0.25) is 0 Å². The molecule has 0 aliphatic heterocycles. The lowest BCUT2D eigenvalue weighted by Gasteiger charge is -2.08. The van der Waals surface area contributed by atoms with Crippen LogP contribution in [0.5, 0.6) is 5.75 Å². The van der Waals surface area contributed by atoms with Gasteiger partial charge in [0, 0.05) is 18.0 Å². The summed E-state index contributed by atoms with van der Waals surface area (Å²) in [5.74, 6) is 0.657. The highest BCUT2D eigenvalue weighted by molar-refractivity contribution is 7.90. The monoisotopic (exact) mass is 263 g/mol. The van der Waals surface area contributed by atoms with Crippen LogP contribution in [-0.2, 0) is 9.84 Å². The molecule has 0 fully saturated rings. The molecule has 0 radical (unpaired) electrons. The first kappa shape index (κ1) is 12.6. The first-order valence-corrected chi connectivity index (χ1v) is 7.20. The third-order valence-electron chi connectivity index (χ3n) is 2.60. The SMILES string of the molecule is COc1cnccc1-c1ccc(S(C)(=O)=O)cc1. The number of aromatic nitrogens is 1. The van der Waals surface area contributed by atoms with E-state index in [0.717, 1.165) is 11.1 Å². The van der Waals surface area contributed by atoms with Crippen LogP contribution in [0.1, 0.15) is 0 Å². The maximum Gasteiger partial charge on any atom is 0.175 e. The summed E-state index contributed by atoms with van der Waals surface area (Å²) in [6, 6.07) is 8.52. The molecule has 0 amide bonds. The van der Waals surface area contributed by atoms with Crippen molar-refractivity contribution in [2.75, 3.05) is 13.4 Å².